The van der Waals surface area contributed by atoms with E-state index in [-0.39, 0.29) is 42.6 Å². The summed E-state index contributed by atoms with van der Waals surface area (Å²) in [7, 11) is 0. The minimum absolute atomic E-state index is 0.00293. The van der Waals surface area contributed by atoms with Crippen molar-refractivity contribution in [2.24, 2.45) is 5.16 Å². The Morgan fingerprint density at radius 3 is 2.61 bits per heavy atom. The lowest BCUT2D eigenvalue weighted by molar-refractivity contribution is -0.137. The van der Waals surface area contributed by atoms with Gasteiger partial charge in [0.25, 0.3) is 5.91 Å². The van der Waals surface area contributed by atoms with E-state index in [4.69, 9.17) is 9.57 Å². The molecule has 1 aromatic carbocycles. The van der Waals surface area contributed by atoms with Crippen LogP contribution < -0.4 is 0 Å². The summed E-state index contributed by atoms with van der Waals surface area (Å²) in [6.45, 7) is 3.15. The summed E-state index contributed by atoms with van der Waals surface area (Å²) in [5.74, 6) is -1.26. The fraction of sp³-hybridized carbons (Fsp3) is 0.480. The number of oxime groups is 1. The number of carbonyl (C=O) groups is 2. The van der Waals surface area contributed by atoms with Crippen molar-refractivity contribution in [3.05, 3.63) is 47.1 Å². The van der Waals surface area contributed by atoms with Gasteiger partial charge in [0, 0.05) is 25.6 Å². The van der Waals surface area contributed by atoms with Crippen molar-refractivity contribution in [3.8, 4) is 11.5 Å². The number of piperidine rings is 1. The minimum Gasteiger partial charge on any atom is -0.508 e. The summed E-state index contributed by atoms with van der Waals surface area (Å²) in [4.78, 5) is 32.3. The molecule has 0 saturated carbocycles. The van der Waals surface area contributed by atoms with E-state index in [1.807, 2.05) is 18.2 Å². The molecule has 1 amide bonds. The smallest absolute Gasteiger partial charge is 0.342 e. The van der Waals surface area contributed by atoms with Crippen LogP contribution in [0.3, 0.4) is 0 Å². The van der Waals surface area contributed by atoms with Crippen LogP contribution in [0.25, 0.3) is 0 Å². The van der Waals surface area contributed by atoms with Crippen LogP contribution in [0.5, 0.6) is 11.5 Å². The van der Waals surface area contributed by atoms with Crippen molar-refractivity contribution in [3.63, 3.8) is 0 Å². The highest BCUT2D eigenvalue weighted by Gasteiger charge is 2.23. The molecule has 0 aromatic heterocycles. The average Bonchev–Trinajstić information content (AvgIpc) is 2.80. The number of hydrogen-bond donors (Lipinski definition) is 2. The third kappa shape index (κ3) is 6.84. The highest BCUT2D eigenvalue weighted by atomic mass is 16.6. The molecular formula is C25H32N2O6. The Kier molecular flexibility index (Phi) is 8.92. The summed E-state index contributed by atoms with van der Waals surface area (Å²) < 4.78 is 5.33. The number of aromatic hydroxyl groups is 2. The summed E-state index contributed by atoms with van der Waals surface area (Å²) in [5.41, 5.74) is 1.30. The number of likely N-dealkylation sites (tertiary alicyclic amines) is 1. The van der Waals surface area contributed by atoms with Crippen molar-refractivity contribution < 1.29 is 29.4 Å². The first kappa shape index (κ1) is 24.4. The quantitative estimate of drug-likeness (QED) is 0.407. The van der Waals surface area contributed by atoms with E-state index >= 15 is 0 Å². The average molecular weight is 457 g/mol. The Balaban J connectivity index is 1.86. The van der Waals surface area contributed by atoms with Gasteiger partial charge < -0.3 is 24.7 Å². The zero-order chi connectivity index (χ0) is 23.6. The van der Waals surface area contributed by atoms with Crippen LogP contribution in [0.15, 0.2) is 35.5 Å². The van der Waals surface area contributed by atoms with Crippen LogP contribution in [0, 0.1) is 6.92 Å². The molecular weight excluding hydrogens is 424 g/mol. The summed E-state index contributed by atoms with van der Waals surface area (Å²) >= 11 is 0. The van der Waals surface area contributed by atoms with Crippen LogP contribution in [-0.4, -0.2) is 59.0 Å². The van der Waals surface area contributed by atoms with E-state index < -0.39 is 5.97 Å². The van der Waals surface area contributed by atoms with Gasteiger partial charge in [-0.1, -0.05) is 23.4 Å². The lowest BCUT2D eigenvalue weighted by Crippen LogP contribution is -2.37. The van der Waals surface area contributed by atoms with E-state index in [1.54, 1.807) is 17.9 Å². The fourth-order valence-corrected chi connectivity index (χ4v) is 3.90. The van der Waals surface area contributed by atoms with Gasteiger partial charge >= 0.3 is 5.97 Å². The van der Waals surface area contributed by atoms with Gasteiger partial charge in [0.05, 0.1) is 12.3 Å². The molecule has 8 heteroatoms. The molecule has 33 heavy (non-hydrogen) atoms. The highest BCUT2D eigenvalue weighted by Crippen LogP contribution is 2.33. The molecule has 2 heterocycles. The Labute approximate surface area is 194 Å². The number of nitrogens with zero attached hydrogens (tertiary/aromatic N) is 2. The van der Waals surface area contributed by atoms with Gasteiger partial charge in [-0.2, -0.15) is 0 Å². The third-order valence-corrected chi connectivity index (χ3v) is 5.80. The number of phenolic OH excluding ortho intramolecular Hbond substituents is 2. The van der Waals surface area contributed by atoms with Crippen molar-refractivity contribution in [1.82, 2.24) is 4.90 Å². The van der Waals surface area contributed by atoms with Gasteiger partial charge in [-0.05, 0) is 62.7 Å². The number of fused-ring (bicyclic) bond motifs is 1. The first-order chi connectivity index (χ1) is 16.0. The molecule has 0 bridgehead atoms. The van der Waals surface area contributed by atoms with Crippen LogP contribution in [-0.2, 0) is 20.8 Å². The number of amides is 1. The topological polar surface area (TPSA) is 109 Å². The lowest BCUT2D eigenvalue weighted by atomic mass is 9.94. The summed E-state index contributed by atoms with van der Waals surface area (Å²) in [6.07, 6.45) is 13.1. The van der Waals surface area contributed by atoms with Crippen LogP contribution in [0.2, 0.25) is 0 Å². The molecule has 0 radical (unpaired) electrons. The molecule has 1 fully saturated rings. The van der Waals surface area contributed by atoms with Crippen molar-refractivity contribution in [1.29, 1.82) is 0 Å². The van der Waals surface area contributed by atoms with E-state index in [2.05, 4.69) is 5.16 Å². The predicted molar refractivity (Wildman–Crippen MR) is 124 cm³/mol. The fourth-order valence-electron chi connectivity index (χ4n) is 3.90. The molecule has 2 aliphatic heterocycles. The predicted octanol–water partition coefficient (Wildman–Crippen LogP) is 3.79. The first-order valence-electron chi connectivity index (χ1n) is 11.5. The maximum Gasteiger partial charge on any atom is 0.342 e. The zero-order valence-corrected chi connectivity index (χ0v) is 19.1. The highest BCUT2D eigenvalue weighted by molar-refractivity contribution is 6.01. The Bertz CT molecular complexity index is 945. The van der Waals surface area contributed by atoms with Crippen molar-refractivity contribution >= 4 is 17.6 Å². The zero-order valence-electron chi connectivity index (χ0n) is 19.1. The maximum absolute atomic E-state index is 12.7. The second-order valence-electron chi connectivity index (χ2n) is 8.24. The molecule has 1 aromatic rings. The molecule has 2 N–H and O–H groups in total. The molecule has 0 atom stereocenters. The lowest BCUT2D eigenvalue weighted by Gasteiger charge is -2.26. The van der Waals surface area contributed by atoms with Crippen LogP contribution >= 0.6 is 0 Å². The number of phenols is 2. The summed E-state index contributed by atoms with van der Waals surface area (Å²) in [5, 5.41) is 24.8. The number of hydrogen-bond acceptors (Lipinski definition) is 7. The Morgan fingerprint density at radius 2 is 1.82 bits per heavy atom. The van der Waals surface area contributed by atoms with E-state index in [9.17, 15) is 19.8 Å². The molecule has 178 valence electrons. The van der Waals surface area contributed by atoms with Crippen LogP contribution in [0.4, 0.5) is 0 Å². The van der Waals surface area contributed by atoms with Gasteiger partial charge in [-0.25, -0.2) is 4.79 Å². The molecule has 0 aliphatic carbocycles. The van der Waals surface area contributed by atoms with Gasteiger partial charge in [-0.3, -0.25) is 4.79 Å². The number of carbonyl (C=O) groups excluding carboxylic acids is 2. The normalized spacial score (nSPS) is 20.9. The van der Waals surface area contributed by atoms with Crippen molar-refractivity contribution in [2.75, 3.05) is 26.3 Å². The van der Waals surface area contributed by atoms with Crippen LogP contribution in [0.1, 0.15) is 60.0 Å². The van der Waals surface area contributed by atoms with E-state index in [1.165, 1.54) is 0 Å². The van der Waals surface area contributed by atoms with Gasteiger partial charge in [0.15, 0.2) is 6.61 Å². The van der Waals surface area contributed by atoms with E-state index in [0.29, 0.717) is 23.3 Å². The number of ether oxygens (including phenoxy) is 1. The van der Waals surface area contributed by atoms with Crippen molar-refractivity contribution in [2.45, 2.75) is 51.9 Å². The van der Waals surface area contributed by atoms with Gasteiger partial charge in [-0.15, -0.1) is 0 Å². The number of benzene rings is 1. The number of cyclic esters (lactones) is 1. The first-order valence-corrected chi connectivity index (χ1v) is 11.5. The van der Waals surface area contributed by atoms with E-state index in [0.717, 1.165) is 51.3 Å². The molecule has 0 spiro atoms. The number of rotatable bonds is 3. The Morgan fingerprint density at radius 1 is 1.09 bits per heavy atom. The standard InChI is InChI=1S/C25H32N2O6/c1-18-20-15-19(26-33-17-23(30)27-12-8-6-9-13-27)11-7-4-2-3-5-10-14-32-25(31)24(20)22(29)16-21(18)28/h3,5,7,11,16,28-29H,2,4,6,8-10,12-15,17H2,1H3/b5-3+,11-7+,26-19+. The maximum atomic E-state index is 12.7. The second-order valence-corrected chi connectivity index (χ2v) is 8.24. The molecule has 2 aliphatic rings. The summed E-state index contributed by atoms with van der Waals surface area (Å²) in [6, 6.07) is 1.14. The monoisotopic (exact) mass is 456 g/mol. The van der Waals surface area contributed by atoms with Gasteiger partial charge in [0.2, 0.25) is 0 Å². The van der Waals surface area contributed by atoms with Gasteiger partial charge in [0.1, 0.15) is 17.1 Å². The molecule has 8 nitrogen and oxygen atoms in total. The second kappa shape index (κ2) is 12.1. The number of esters is 1. The SMILES string of the molecule is Cc1c(O)cc(O)c2c1CC(=N/OCC(=O)N1CCCCC1)/C=C/CC/C=C/CCOC2=O. The Hall–Kier alpha value is -3.29. The molecule has 0 unspecified atom stereocenters. The third-order valence-electron chi connectivity index (χ3n) is 5.80. The molecule has 3 rings (SSSR count). The molecule has 1 saturated heterocycles. The number of allylic oxidation sites excluding steroid dienone is 3. The largest absolute Gasteiger partial charge is 0.508 e. The minimum atomic E-state index is -0.666.